The first-order valence-corrected chi connectivity index (χ1v) is 10.5. The molecule has 160 valence electrons. The third-order valence-corrected chi connectivity index (χ3v) is 4.96. The highest BCUT2D eigenvalue weighted by molar-refractivity contribution is 5.76. The molecular weight excluding hydrogens is 380 g/mol. The molecule has 1 heterocycles. The molecule has 0 fully saturated rings. The van der Waals surface area contributed by atoms with Gasteiger partial charge in [-0.1, -0.05) is 30.7 Å². The van der Waals surface area contributed by atoms with Crippen LogP contribution >= 0.6 is 0 Å². The molecule has 0 aliphatic carbocycles. The molecule has 2 aromatic carbocycles. The Labute approximate surface area is 177 Å². The molecule has 0 saturated carbocycles. The molecule has 2 N–H and O–H groups in total. The Balaban J connectivity index is 1.30. The van der Waals surface area contributed by atoms with Crippen LogP contribution in [0.2, 0.25) is 0 Å². The van der Waals surface area contributed by atoms with Crippen LogP contribution in [0, 0.1) is 0 Å². The largest absolute Gasteiger partial charge is 0.478 e. The highest BCUT2D eigenvalue weighted by atomic mass is 16.5. The molecule has 0 atom stereocenters. The van der Waals surface area contributed by atoms with Crippen molar-refractivity contribution in [1.29, 1.82) is 0 Å². The number of oxazole rings is 1. The van der Waals surface area contributed by atoms with Gasteiger partial charge in [0.05, 0.1) is 0 Å². The molecule has 30 heavy (non-hydrogen) atoms. The number of aromatic nitrogens is 1. The standard InChI is InChI=1S/C24H30N2O4/c1-24(2,23(27)28)30-19-10-8-9-18(17-19)14-16-25-15-7-3-4-13-22-26-20-11-5-6-12-21(20)29-22/h5-6,8-12,17,25H,3-4,7,13-16H2,1-2H3,(H,27,28). The summed E-state index contributed by atoms with van der Waals surface area (Å²) in [6.07, 6.45) is 5.03. The fourth-order valence-electron chi connectivity index (χ4n) is 3.19. The highest BCUT2D eigenvalue weighted by Gasteiger charge is 2.29. The lowest BCUT2D eigenvalue weighted by atomic mass is 10.1. The summed E-state index contributed by atoms with van der Waals surface area (Å²) in [7, 11) is 0. The second-order valence-electron chi connectivity index (χ2n) is 7.95. The average Bonchev–Trinajstić information content (AvgIpc) is 3.12. The Morgan fingerprint density at radius 3 is 2.70 bits per heavy atom. The van der Waals surface area contributed by atoms with Crippen LogP contribution in [0.3, 0.4) is 0 Å². The predicted octanol–water partition coefficient (Wildman–Crippen LogP) is 4.61. The Kier molecular flexibility index (Phi) is 7.46. The van der Waals surface area contributed by atoms with Crippen LogP contribution in [0.5, 0.6) is 5.75 Å². The molecule has 0 aliphatic rings. The Morgan fingerprint density at radius 1 is 1.07 bits per heavy atom. The monoisotopic (exact) mass is 410 g/mol. The van der Waals surface area contributed by atoms with Gasteiger partial charge < -0.3 is 19.6 Å². The van der Waals surface area contributed by atoms with Crippen LogP contribution in [0.15, 0.2) is 52.9 Å². The fraction of sp³-hybridized carbons (Fsp3) is 0.417. The molecule has 0 amide bonds. The summed E-state index contributed by atoms with van der Waals surface area (Å²) in [6, 6.07) is 15.5. The molecule has 6 nitrogen and oxygen atoms in total. The lowest BCUT2D eigenvalue weighted by Crippen LogP contribution is -2.37. The fourth-order valence-corrected chi connectivity index (χ4v) is 3.19. The number of aliphatic carboxylic acids is 1. The van der Waals surface area contributed by atoms with Crippen molar-refractivity contribution in [2.75, 3.05) is 13.1 Å². The first-order valence-electron chi connectivity index (χ1n) is 10.5. The molecule has 6 heteroatoms. The van der Waals surface area contributed by atoms with Crippen molar-refractivity contribution in [2.24, 2.45) is 0 Å². The number of fused-ring (bicyclic) bond motifs is 1. The minimum Gasteiger partial charge on any atom is -0.478 e. The number of aryl methyl sites for hydroxylation is 1. The van der Waals surface area contributed by atoms with Crippen LogP contribution in [-0.2, 0) is 17.6 Å². The SMILES string of the molecule is CC(C)(Oc1cccc(CCNCCCCCc2nc3ccccc3o2)c1)C(=O)O. The number of benzene rings is 2. The van der Waals surface area contributed by atoms with E-state index in [0.717, 1.165) is 67.7 Å². The number of hydrogen-bond acceptors (Lipinski definition) is 5. The first-order chi connectivity index (χ1) is 14.4. The molecule has 3 rings (SSSR count). The van der Waals surface area contributed by atoms with Gasteiger partial charge in [0.15, 0.2) is 17.1 Å². The van der Waals surface area contributed by atoms with Gasteiger partial charge in [-0.3, -0.25) is 0 Å². The second kappa shape index (κ2) is 10.3. The number of carbonyl (C=O) groups is 1. The van der Waals surface area contributed by atoms with Crippen molar-refractivity contribution in [3.63, 3.8) is 0 Å². The van der Waals surface area contributed by atoms with E-state index in [2.05, 4.69) is 10.3 Å². The normalized spacial score (nSPS) is 11.7. The lowest BCUT2D eigenvalue weighted by Gasteiger charge is -2.21. The van der Waals surface area contributed by atoms with E-state index in [0.29, 0.717) is 5.75 Å². The molecule has 0 spiro atoms. The summed E-state index contributed by atoms with van der Waals surface area (Å²) in [6.45, 7) is 4.94. The van der Waals surface area contributed by atoms with Crippen molar-refractivity contribution in [3.05, 3.63) is 60.0 Å². The van der Waals surface area contributed by atoms with E-state index in [1.165, 1.54) is 0 Å². The predicted molar refractivity (Wildman–Crippen MR) is 117 cm³/mol. The molecule has 0 radical (unpaired) electrons. The Hall–Kier alpha value is -2.86. The van der Waals surface area contributed by atoms with E-state index in [9.17, 15) is 9.90 Å². The van der Waals surface area contributed by atoms with Gasteiger partial charge in [-0.25, -0.2) is 9.78 Å². The summed E-state index contributed by atoms with van der Waals surface area (Å²) < 4.78 is 11.3. The summed E-state index contributed by atoms with van der Waals surface area (Å²) in [5, 5.41) is 12.7. The van der Waals surface area contributed by atoms with Gasteiger partial charge in [0.2, 0.25) is 0 Å². The van der Waals surface area contributed by atoms with Crippen LogP contribution in [0.1, 0.15) is 44.6 Å². The molecule has 0 saturated heterocycles. The molecule has 3 aromatic rings. The maximum absolute atomic E-state index is 11.2. The number of carboxylic acids is 1. The first kappa shape index (κ1) is 21.8. The third kappa shape index (κ3) is 6.32. The molecule has 0 bridgehead atoms. The van der Waals surface area contributed by atoms with E-state index in [-0.39, 0.29) is 0 Å². The minimum absolute atomic E-state index is 0.582. The molecule has 0 unspecified atom stereocenters. The number of unbranched alkanes of at least 4 members (excludes halogenated alkanes) is 2. The maximum atomic E-state index is 11.2. The van der Waals surface area contributed by atoms with Crippen molar-refractivity contribution in [2.45, 2.75) is 51.6 Å². The van der Waals surface area contributed by atoms with Gasteiger partial charge in [-0.2, -0.15) is 0 Å². The van der Waals surface area contributed by atoms with Crippen LogP contribution < -0.4 is 10.1 Å². The lowest BCUT2D eigenvalue weighted by molar-refractivity contribution is -0.152. The van der Waals surface area contributed by atoms with E-state index >= 15 is 0 Å². The average molecular weight is 411 g/mol. The minimum atomic E-state index is -1.24. The van der Waals surface area contributed by atoms with E-state index in [4.69, 9.17) is 9.15 Å². The quantitative estimate of drug-likeness (QED) is 0.424. The van der Waals surface area contributed by atoms with Crippen LogP contribution in [0.4, 0.5) is 0 Å². The van der Waals surface area contributed by atoms with Gasteiger partial charge in [0, 0.05) is 6.42 Å². The number of ether oxygens (including phenoxy) is 1. The molecule has 1 aromatic heterocycles. The van der Waals surface area contributed by atoms with Gasteiger partial charge in [0.1, 0.15) is 11.3 Å². The zero-order valence-electron chi connectivity index (χ0n) is 17.7. The molecule has 0 aliphatic heterocycles. The van der Waals surface area contributed by atoms with E-state index in [1.807, 2.05) is 42.5 Å². The number of carboxylic acid groups (broad SMARTS) is 1. The van der Waals surface area contributed by atoms with Gasteiger partial charge >= 0.3 is 5.97 Å². The van der Waals surface area contributed by atoms with Crippen molar-refractivity contribution in [3.8, 4) is 5.75 Å². The Morgan fingerprint density at radius 2 is 1.90 bits per heavy atom. The van der Waals surface area contributed by atoms with Crippen LogP contribution in [0.25, 0.3) is 11.1 Å². The summed E-state index contributed by atoms with van der Waals surface area (Å²) in [5.74, 6) is 0.419. The number of nitrogens with one attached hydrogen (secondary N) is 1. The van der Waals surface area contributed by atoms with Crippen LogP contribution in [-0.4, -0.2) is 34.8 Å². The van der Waals surface area contributed by atoms with E-state index < -0.39 is 11.6 Å². The molecular formula is C24H30N2O4. The van der Waals surface area contributed by atoms with Crippen molar-refractivity contribution < 1.29 is 19.1 Å². The number of para-hydroxylation sites is 2. The van der Waals surface area contributed by atoms with E-state index in [1.54, 1.807) is 19.9 Å². The number of rotatable bonds is 12. The van der Waals surface area contributed by atoms with Gasteiger partial charge in [0.25, 0.3) is 0 Å². The van der Waals surface area contributed by atoms with Gasteiger partial charge in [-0.05, 0) is 76.0 Å². The zero-order valence-corrected chi connectivity index (χ0v) is 17.7. The van der Waals surface area contributed by atoms with Crippen molar-refractivity contribution in [1.82, 2.24) is 10.3 Å². The van der Waals surface area contributed by atoms with Gasteiger partial charge in [-0.15, -0.1) is 0 Å². The third-order valence-electron chi connectivity index (χ3n) is 4.96. The second-order valence-corrected chi connectivity index (χ2v) is 7.95. The summed E-state index contributed by atoms with van der Waals surface area (Å²) in [5.41, 5.74) is 1.66. The summed E-state index contributed by atoms with van der Waals surface area (Å²) in [4.78, 5) is 15.7. The Bertz CT molecular complexity index is 932. The topological polar surface area (TPSA) is 84.6 Å². The van der Waals surface area contributed by atoms with Crippen molar-refractivity contribution >= 4 is 17.1 Å². The highest BCUT2D eigenvalue weighted by Crippen LogP contribution is 2.20. The maximum Gasteiger partial charge on any atom is 0.347 e. The number of hydrogen-bond donors (Lipinski definition) is 2. The smallest absolute Gasteiger partial charge is 0.347 e. The number of nitrogens with zero attached hydrogens (tertiary/aromatic N) is 1. The zero-order chi connectivity index (χ0) is 21.4. The summed E-state index contributed by atoms with van der Waals surface area (Å²) >= 11 is 0.